The average molecular weight is 405 g/mol. The summed E-state index contributed by atoms with van der Waals surface area (Å²) in [5, 5.41) is 0. The van der Waals surface area contributed by atoms with Crippen LogP contribution >= 0.6 is 0 Å². The number of ether oxygens (including phenoxy) is 1. The Morgan fingerprint density at radius 1 is 0.769 bits per heavy atom. The van der Waals surface area contributed by atoms with E-state index >= 15 is 0 Å². The molecule has 2 heterocycles. The van der Waals surface area contributed by atoms with E-state index in [2.05, 4.69) is 37.2 Å². The second-order valence-corrected chi connectivity index (χ2v) is 7.12. The van der Waals surface area contributed by atoms with Gasteiger partial charge in [-0.3, -0.25) is 0 Å². The number of methoxy groups -OCH3 is 1. The normalized spacial score (nSPS) is 11.3. The molecular weight excluding hydrogens is 391 g/mol. The summed E-state index contributed by atoms with van der Waals surface area (Å²) in [7, 11) is 1.67. The molecule has 0 bridgehead atoms. The molecule has 0 aliphatic carbocycles. The second-order valence-electron chi connectivity index (χ2n) is 6.01. The number of nitrogens with zero attached hydrogens (tertiary/aromatic N) is 3. The summed E-state index contributed by atoms with van der Waals surface area (Å²) < 4.78 is 14.1. The molecule has 0 atom stereocenters. The van der Waals surface area contributed by atoms with Crippen LogP contribution in [0.25, 0.3) is 44.6 Å². The fourth-order valence-corrected chi connectivity index (χ4v) is 4.12. The number of H-pyrrole nitrogens is 1. The van der Waals surface area contributed by atoms with Gasteiger partial charge in [0.1, 0.15) is 5.75 Å². The van der Waals surface area contributed by atoms with Crippen LogP contribution in [0.5, 0.6) is 5.75 Å². The van der Waals surface area contributed by atoms with Gasteiger partial charge < -0.3 is 4.74 Å². The summed E-state index contributed by atoms with van der Waals surface area (Å²) in [6.07, 6.45) is 0. The summed E-state index contributed by atoms with van der Waals surface area (Å²) in [5.74, 6) is 1.69. The number of imidazole rings is 1. The summed E-state index contributed by atoms with van der Waals surface area (Å²) in [6.45, 7) is 0. The number of rotatable bonds is 3. The molecule has 3 aromatic carbocycles. The van der Waals surface area contributed by atoms with E-state index in [9.17, 15) is 0 Å². The number of aromatic nitrogens is 4. The molecule has 26 heavy (non-hydrogen) atoms. The van der Waals surface area contributed by atoms with Crippen molar-refractivity contribution in [2.45, 2.75) is 0 Å². The average Bonchev–Trinajstić information content (AvgIpc) is 3.33. The molecule has 5 aromatic rings. The molecule has 2 aromatic heterocycles. The summed E-state index contributed by atoms with van der Waals surface area (Å²) in [6, 6.07) is 20.4. The van der Waals surface area contributed by atoms with Crippen LogP contribution in [0, 0.1) is 0 Å². The number of hydrogen-bond acceptors (Lipinski definition) is 4. The predicted molar refractivity (Wildman–Crippen MR) is 104 cm³/mol. The van der Waals surface area contributed by atoms with E-state index < -0.39 is 0 Å². The van der Waals surface area contributed by atoms with Crippen LogP contribution in [0.15, 0.2) is 60.7 Å². The molecule has 126 valence electrons. The van der Waals surface area contributed by atoms with Crippen LogP contribution in [0.3, 0.4) is 0 Å². The Kier molecular flexibility index (Phi) is 3.59. The van der Waals surface area contributed by atoms with E-state index in [1.807, 2.05) is 36.4 Å². The van der Waals surface area contributed by atoms with E-state index in [4.69, 9.17) is 9.72 Å². The number of fused-ring (bicyclic) bond motifs is 2. The Bertz CT molecular complexity index is 1220. The molecule has 5 nitrogen and oxygen atoms in total. The van der Waals surface area contributed by atoms with Crippen molar-refractivity contribution in [3.8, 4) is 28.3 Å². The van der Waals surface area contributed by atoms with Crippen molar-refractivity contribution >= 4 is 37.0 Å². The summed E-state index contributed by atoms with van der Waals surface area (Å²) in [5.41, 5.74) is 7.26. The zero-order valence-corrected chi connectivity index (χ0v) is 15.6. The first-order valence-electron chi connectivity index (χ1n) is 8.17. The number of benzene rings is 3. The van der Waals surface area contributed by atoms with Crippen molar-refractivity contribution in [1.29, 1.82) is 0 Å². The van der Waals surface area contributed by atoms with Gasteiger partial charge in [-0.25, -0.2) is 0 Å². The third kappa shape index (κ3) is 2.60. The Hall–Kier alpha value is -2.95. The van der Waals surface area contributed by atoms with Crippen molar-refractivity contribution in [3.63, 3.8) is 0 Å². The molecule has 0 fully saturated rings. The van der Waals surface area contributed by atoms with Gasteiger partial charge in [-0.1, -0.05) is 0 Å². The van der Waals surface area contributed by atoms with Gasteiger partial charge in [-0.2, -0.15) is 0 Å². The first kappa shape index (κ1) is 15.3. The van der Waals surface area contributed by atoms with E-state index in [-0.39, 0.29) is 15.0 Å². The van der Waals surface area contributed by atoms with E-state index in [0.29, 0.717) is 0 Å². The van der Waals surface area contributed by atoms with Crippen LogP contribution in [0.1, 0.15) is 0 Å². The molecule has 1 N–H and O–H groups in total. The third-order valence-corrected chi connectivity index (χ3v) is 5.60. The molecule has 0 saturated carbocycles. The molecule has 0 spiro atoms. The van der Waals surface area contributed by atoms with Crippen LogP contribution in [0.2, 0.25) is 0 Å². The Labute approximate surface area is 155 Å². The molecule has 0 unspecified atom stereocenters. The molecule has 0 amide bonds. The second kappa shape index (κ2) is 6.09. The van der Waals surface area contributed by atoms with Crippen LogP contribution in [-0.4, -0.2) is 40.0 Å². The standard InChI is InChI=1S/C20H14N4OSe/c1-25-15-6-2-12(3-7-15)20-21-16-8-4-13(10-18(16)22-20)14-5-9-17-19(11-14)24-26-23-17/h2-11H,1H3,(H,21,22). The van der Waals surface area contributed by atoms with Crippen LogP contribution in [-0.2, 0) is 0 Å². The zero-order valence-electron chi connectivity index (χ0n) is 13.9. The third-order valence-electron chi connectivity index (χ3n) is 4.43. The quantitative estimate of drug-likeness (QED) is 0.463. The maximum absolute atomic E-state index is 5.22. The number of hydrogen-bond donors (Lipinski definition) is 1. The van der Waals surface area contributed by atoms with Gasteiger partial charge in [0.15, 0.2) is 0 Å². The molecular formula is C20H14N4OSe. The van der Waals surface area contributed by atoms with Crippen molar-refractivity contribution < 1.29 is 4.74 Å². The minimum atomic E-state index is 0.00154. The van der Waals surface area contributed by atoms with Crippen molar-refractivity contribution in [3.05, 3.63) is 60.7 Å². The van der Waals surface area contributed by atoms with Crippen molar-refractivity contribution in [1.82, 2.24) is 17.9 Å². The van der Waals surface area contributed by atoms with Crippen molar-refractivity contribution in [2.24, 2.45) is 0 Å². The topological polar surface area (TPSA) is 63.7 Å². The van der Waals surface area contributed by atoms with Gasteiger partial charge in [0, 0.05) is 0 Å². The number of aromatic amines is 1. The van der Waals surface area contributed by atoms with Crippen LogP contribution < -0.4 is 4.74 Å². The zero-order chi connectivity index (χ0) is 17.5. The van der Waals surface area contributed by atoms with Gasteiger partial charge in [0.05, 0.1) is 7.11 Å². The van der Waals surface area contributed by atoms with Gasteiger partial charge in [0.2, 0.25) is 0 Å². The molecule has 6 heteroatoms. The Morgan fingerprint density at radius 3 is 2.27 bits per heavy atom. The molecule has 0 saturated heterocycles. The Morgan fingerprint density at radius 2 is 1.46 bits per heavy atom. The van der Waals surface area contributed by atoms with Gasteiger partial charge in [-0.05, 0) is 0 Å². The van der Waals surface area contributed by atoms with Gasteiger partial charge in [0.25, 0.3) is 0 Å². The van der Waals surface area contributed by atoms with Gasteiger partial charge >= 0.3 is 138 Å². The summed E-state index contributed by atoms with van der Waals surface area (Å²) >= 11 is 0.00154. The van der Waals surface area contributed by atoms with Gasteiger partial charge in [-0.15, -0.1) is 0 Å². The maximum atomic E-state index is 5.22. The minimum absolute atomic E-state index is 0.00154. The molecule has 0 aliphatic rings. The molecule has 0 aliphatic heterocycles. The van der Waals surface area contributed by atoms with E-state index in [1.165, 1.54) is 0 Å². The SMILES string of the molecule is COc1ccc(-c2nc3ccc(-c4ccc5n[se]nc5c4)cc3[nH]2)cc1. The molecule has 5 rings (SSSR count). The fourth-order valence-electron chi connectivity index (χ4n) is 3.04. The monoisotopic (exact) mass is 406 g/mol. The first-order valence-corrected chi connectivity index (χ1v) is 9.70. The molecule has 0 radical (unpaired) electrons. The van der Waals surface area contributed by atoms with Crippen LogP contribution in [0.4, 0.5) is 0 Å². The predicted octanol–water partition coefficient (Wildman–Crippen LogP) is 3.91. The first-order chi connectivity index (χ1) is 12.8. The van der Waals surface area contributed by atoms with Crippen molar-refractivity contribution in [2.75, 3.05) is 7.11 Å². The number of nitrogens with one attached hydrogen (secondary N) is 1. The fraction of sp³-hybridized carbons (Fsp3) is 0.0500. The van der Waals surface area contributed by atoms with E-state index in [1.54, 1.807) is 7.11 Å². The summed E-state index contributed by atoms with van der Waals surface area (Å²) in [4.78, 5) is 8.12. The Balaban J connectivity index is 1.56. The van der Waals surface area contributed by atoms with E-state index in [0.717, 1.165) is 50.3 Å².